The molecule has 0 bridgehead atoms. The normalized spacial score (nSPS) is 16.9. The SMILES string of the molecule is BrCCN(c1ncnc2sccc12)C1CCCCC1. The van der Waals surface area contributed by atoms with Gasteiger partial charge in [0.1, 0.15) is 17.0 Å². The summed E-state index contributed by atoms with van der Waals surface area (Å²) in [6.45, 7) is 1.02. The van der Waals surface area contributed by atoms with Crippen molar-refractivity contribution >= 4 is 43.3 Å². The second-order valence-electron chi connectivity index (χ2n) is 5.01. The maximum atomic E-state index is 4.57. The van der Waals surface area contributed by atoms with Crippen LogP contribution in [0.4, 0.5) is 5.82 Å². The van der Waals surface area contributed by atoms with Crippen molar-refractivity contribution in [3.05, 3.63) is 17.8 Å². The molecule has 0 radical (unpaired) electrons. The van der Waals surface area contributed by atoms with Gasteiger partial charge >= 0.3 is 0 Å². The first-order valence-electron chi connectivity index (χ1n) is 6.91. The molecular weight excluding hydrogens is 322 g/mol. The van der Waals surface area contributed by atoms with Crippen LogP contribution < -0.4 is 4.90 Å². The number of alkyl halides is 1. The molecule has 1 saturated carbocycles. The first-order chi connectivity index (χ1) is 9.40. The van der Waals surface area contributed by atoms with Gasteiger partial charge in [0.2, 0.25) is 0 Å². The number of aromatic nitrogens is 2. The maximum absolute atomic E-state index is 4.57. The molecule has 1 aliphatic rings. The number of hydrogen-bond donors (Lipinski definition) is 0. The highest BCUT2D eigenvalue weighted by Gasteiger charge is 2.23. The maximum Gasteiger partial charge on any atom is 0.141 e. The number of thiophene rings is 1. The zero-order valence-electron chi connectivity index (χ0n) is 10.9. The van der Waals surface area contributed by atoms with E-state index in [1.165, 1.54) is 37.5 Å². The molecule has 1 aliphatic carbocycles. The Kier molecular flexibility index (Phi) is 4.33. The number of rotatable bonds is 4. The van der Waals surface area contributed by atoms with Gasteiger partial charge in [-0.15, -0.1) is 11.3 Å². The molecule has 3 nitrogen and oxygen atoms in total. The van der Waals surface area contributed by atoms with E-state index in [-0.39, 0.29) is 0 Å². The Morgan fingerprint density at radius 1 is 1.26 bits per heavy atom. The zero-order valence-corrected chi connectivity index (χ0v) is 13.3. The van der Waals surface area contributed by atoms with Crippen LogP contribution in [0.3, 0.4) is 0 Å². The van der Waals surface area contributed by atoms with Gasteiger partial charge in [-0.1, -0.05) is 35.2 Å². The summed E-state index contributed by atoms with van der Waals surface area (Å²) in [7, 11) is 0. The molecule has 0 spiro atoms. The second kappa shape index (κ2) is 6.18. The van der Waals surface area contributed by atoms with Crippen molar-refractivity contribution in [1.82, 2.24) is 9.97 Å². The first kappa shape index (κ1) is 13.3. The number of halogens is 1. The van der Waals surface area contributed by atoms with Crippen LogP contribution in [0, 0.1) is 0 Å². The summed E-state index contributed by atoms with van der Waals surface area (Å²) in [5, 5.41) is 4.30. The number of hydrogen-bond acceptors (Lipinski definition) is 4. The topological polar surface area (TPSA) is 29.0 Å². The van der Waals surface area contributed by atoms with Crippen LogP contribution in [-0.2, 0) is 0 Å². The van der Waals surface area contributed by atoms with Crippen molar-refractivity contribution in [2.45, 2.75) is 38.1 Å². The van der Waals surface area contributed by atoms with E-state index < -0.39 is 0 Å². The molecule has 0 amide bonds. The fourth-order valence-corrected chi connectivity index (χ4v) is 4.06. The number of anilines is 1. The minimum absolute atomic E-state index is 0.643. The van der Waals surface area contributed by atoms with Crippen LogP contribution in [0.25, 0.3) is 10.2 Å². The van der Waals surface area contributed by atoms with E-state index in [0.717, 1.165) is 22.5 Å². The van der Waals surface area contributed by atoms with Crippen molar-refractivity contribution in [2.75, 3.05) is 16.8 Å². The third-order valence-corrected chi connectivity index (χ3v) is 5.03. The third-order valence-electron chi connectivity index (χ3n) is 3.85. The van der Waals surface area contributed by atoms with Crippen molar-refractivity contribution < 1.29 is 0 Å². The summed E-state index contributed by atoms with van der Waals surface area (Å²) in [5.41, 5.74) is 0. The van der Waals surface area contributed by atoms with Crippen LogP contribution in [0.15, 0.2) is 17.8 Å². The largest absolute Gasteiger partial charge is 0.352 e. The second-order valence-corrected chi connectivity index (χ2v) is 6.70. The van der Waals surface area contributed by atoms with Gasteiger partial charge in [0, 0.05) is 17.9 Å². The number of nitrogens with zero attached hydrogens (tertiary/aromatic N) is 3. The minimum atomic E-state index is 0.643. The Morgan fingerprint density at radius 2 is 2.11 bits per heavy atom. The zero-order chi connectivity index (χ0) is 13.1. The molecule has 3 rings (SSSR count). The lowest BCUT2D eigenvalue weighted by atomic mass is 9.94. The van der Waals surface area contributed by atoms with Crippen molar-refractivity contribution in [1.29, 1.82) is 0 Å². The number of fused-ring (bicyclic) bond motifs is 1. The lowest BCUT2D eigenvalue weighted by Gasteiger charge is -2.35. The summed E-state index contributed by atoms with van der Waals surface area (Å²) >= 11 is 5.28. The monoisotopic (exact) mass is 339 g/mol. The average molecular weight is 340 g/mol. The predicted octanol–water partition coefficient (Wildman–Crippen LogP) is 4.23. The Labute approximate surface area is 126 Å². The summed E-state index contributed by atoms with van der Waals surface area (Å²) in [6, 6.07) is 2.80. The molecule has 0 N–H and O–H groups in total. The van der Waals surface area contributed by atoms with E-state index in [4.69, 9.17) is 0 Å². The van der Waals surface area contributed by atoms with Crippen LogP contribution in [0.2, 0.25) is 0 Å². The predicted molar refractivity (Wildman–Crippen MR) is 85.4 cm³/mol. The molecule has 2 heterocycles. The van der Waals surface area contributed by atoms with Gasteiger partial charge in [0.25, 0.3) is 0 Å². The molecule has 0 saturated heterocycles. The van der Waals surface area contributed by atoms with Gasteiger partial charge in [0.15, 0.2) is 0 Å². The Bertz CT molecular complexity index is 536. The summed E-state index contributed by atoms with van der Waals surface area (Å²) < 4.78 is 0. The molecule has 2 aromatic rings. The van der Waals surface area contributed by atoms with E-state index in [1.807, 2.05) is 0 Å². The summed E-state index contributed by atoms with van der Waals surface area (Å²) in [6.07, 6.45) is 8.38. The van der Waals surface area contributed by atoms with E-state index in [9.17, 15) is 0 Å². The van der Waals surface area contributed by atoms with E-state index in [1.54, 1.807) is 17.7 Å². The van der Waals surface area contributed by atoms with Crippen molar-refractivity contribution in [3.63, 3.8) is 0 Å². The standard InChI is InChI=1S/C14H18BrN3S/c15-7-8-18(11-4-2-1-3-5-11)13-12-6-9-19-14(12)17-10-16-13/h6,9-11H,1-5,7-8H2. The molecule has 0 aromatic carbocycles. The molecule has 19 heavy (non-hydrogen) atoms. The van der Waals surface area contributed by atoms with E-state index in [2.05, 4.69) is 42.2 Å². The molecule has 2 aromatic heterocycles. The fourth-order valence-electron chi connectivity index (χ4n) is 2.95. The van der Waals surface area contributed by atoms with Gasteiger partial charge < -0.3 is 4.90 Å². The highest BCUT2D eigenvalue weighted by molar-refractivity contribution is 9.09. The molecular formula is C14H18BrN3S. The van der Waals surface area contributed by atoms with Crippen molar-refractivity contribution in [2.24, 2.45) is 0 Å². The van der Waals surface area contributed by atoms with Crippen LogP contribution >= 0.6 is 27.3 Å². The smallest absolute Gasteiger partial charge is 0.141 e. The fraction of sp³-hybridized carbons (Fsp3) is 0.571. The Morgan fingerprint density at radius 3 is 2.89 bits per heavy atom. The Hall–Kier alpha value is -0.680. The van der Waals surface area contributed by atoms with Gasteiger partial charge in [-0.3, -0.25) is 0 Å². The highest BCUT2D eigenvalue weighted by Crippen LogP contribution is 2.31. The molecule has 0 atom stereocenters. The molecule has 5 heteroatoms. The molecule has 0 aliphatic heterocycles. The quantitative estimate of drug-likeness (QED) is 0.780. The molecule has 1 fully saturated rings. The average Bonchev–Trinajstić information content (AvgIpc) is 2.94. The van der Waals surface area contributed by atoms with Crippen LogP contribution in [0.5, 0.6) is 0 Å². The van der Waals surface area contributed by atoms with Gasteiger partial charge in [-0.25, -0.2) is 9.97 Å². The van der Waals surface area contributed by atoms with Gasteiger partial charge in [0.05, 0.1) is 5.39 Å². The van der Waals surface area contributed by atoms with Crippen molar-refractivity contribution in [3.8, 4) is 0 Å². The highest BCUT2D eigenvalue weighted by atomic mass is 79.9. The lowest BCUT2D eigenvalue weighted by Crippen LogP contribution is -2.38. The van der Waals surface area contributed by atoms with Gasteiger partial charge in [-0.05, 0) is 24.3 Å². The third kappa shape index (κ3) is 2.77. The van der Waals surface area contributed by atoms with E-state index in [0.29, 0.717) is 6.04 Å². The minimum Gasteiger partial charge on any atom is -0.352 e. The first-order valence-corrected chi connectivity index (χ1v) is 8.91. The van der Waals surface area contributed by atoms with Crippen LogP contribution in [-0.4, -0.2) is 27.9 Å². The Balaban J connectivity index is 1.96. The van der Waals surface area contributed by atoms with Crippen LogP contribution in [0.1, 0.15) is 32.1 Å². The lowest BCUT2D eigenvalue weighted by molar-refractivity contribution is 0.417. The molecule has 0 unspecified atom stereocenters. The summed E-state index contributed by atoms with van der Waals surface area (Å²) in [4.78, 5) is 12.5. The molecule has 102 valence electrons. The summed E-state index contributed by atoms with van der Waals surface area (Å²) in [5.74, 6) is 1.12. The van der Waals surface area contributed by atoms with Gasteiger partial charge in [-0.2, -0.15) is 0 Å². The van der Waals surface area contributed by atoms with E-state index >= 15 is 0 Å².